The van der Waals surface area contributed by atoms with Crippen LogP contribution in [0.15, 0.2) is 65.1 Å². The van der Waals surface area contributed by atoms with Gasteiger partial charge in [0.2, 0.25) is 5.91 Å². The van der Waals surface area contributed by atoms with Gasteiger partial charge in [-0.3, -0.25) is 9.59 Å². The van der Waals surface area contributed by atoms with Crippen molar-refractivity contribution in [2.24, 2.45) is 13.0 Å². The molecule has 1 N–H and O–H groups in total. The van der Waals surface area contributed by atoms with Crippen LogP contribution in [0.5, 0.6) is 0 Å². The SMILES string of the molecule is Cn1c(C(=O)N2CCC(C(=O)NCCc3ccccc3)CC2)cc2oc3ccccc3c21. The van der Waals surface area contributed by atoms with E-state index in [1.807, 2.05) is 65.0 Å². The van der Waals surface area contributed by atoms with E-state index >= 15 is 0 Å². The van der Waals surface area contributed by atoms with Crippen molar-refractivity contribution in [3.63, 3.8) is 0 Å². The summed E-state index contributed by atoms with van der Waals surface area (Å²) in [6.45, 7) is 1.81. The molecule has 0 saturated carbocycles. The fourth-order valence-corrected chi connectivity index (χ4v) is 4.67. The smallest absolute Gasteiger partial charge is 0.270 e. The summed E-state index contributed by atoms with van der Waals surface area (Å²) in [5, 5.41) is 4.07. The lowest BCUT2D eigenvalue weighted by atomic mass is 9.95. The number of piperidine rings is 1. The second-order valence-electron chi connectivity index (χ2n) is 8.49. The van der Waals surface area contributed by atoms with Gasteiger partial charge in [0.05, 0.1) is 5.52 Å². The van der Waals surface area contributed by atoms with Gasteiger partial charge in [-0.2, -0.15) is 0 Å². The van der Waals surface area contributed by atoms with Gasteiger partial charge in [-0.05, 0) is 37.0 Å². The average molecular weight is 430 g/mol. The summed E-state index contributed by atoms with van der Waals surface area (Å²) in [6, 6.07) is 19.8. The number of para-hydroxylation sites is 1. The monoisotopic (exact) mass is 429 g/mol. The quantitative estimate of drug-likeness (QED) is 0.519. The minimum atomic E-state index is -0.0385. The molecule has 0 spiro atoms. The molecule has 6 heteroatoms. The van der Waals surface area contributed by atoms with E-state index in [4.69, 9.17) is 4.42 Å². The van der Waals surface area contributed by atoms with Gasteiger partial charge in [0.1, 0.15) is 11.3 Å². The highest BCUT2D eigenvalue weighted by Crippen LogP contribution is 2.31. The van der Waals surface area contributed by atoms with Crippen LogP contribution >= 0.6 is 0 Å². The molecule has 6 nitrogen and oxygen atoms in total. The molecule has 2 aromatic carbocycles. The third-order valence-electron chi connectivity index (χ3n) is 6.49. The molecule has 4 aromatic rings. The number of hydrogen-bond donors (Lipinski definition) is 1. The Morgan fingerprint density at radius 3 is 2.50 bits per heavy atom. The number of furan rings is 1. The van der Waals surface area contributed by atoms with E-state index in [0.29, 0.717) is 38.2 Å². The molecule has 0 unspecified atom stereocenters. The Bertz CT molecular complexity index is 1260. The van der Waals surface area contributed by atoms with Crippen LogP contribution < -0.4 is 5.32 Å². The first kappa shape index (κ1) is 20.4. The predicted octanol–water partition coefficient (Wildman–Crippen LogP) is 4.14. The van der Waals surface area contributed by atoms with E-state index in [9.17, 15) is 9.59 Å². The number of likely N-dealkylation sites (tertiary alicyclic amines) is 1. The van der Waals surface area contributed by atoms with E-state index in [0.717, 1.165) is 28.5 Å². The Kier molecular flexibility index (Phi) is 5.43. The highest BCUT2D eigenvalue weighted by molar-refractivity contribution is 6.07. The van der Waals surface area contributed by atoms with Crippen LogP contribution in [0, 0.1) is 5.92 Å². The minimum absolute atomic E-state index is 0.00841. The first-order chi connectivity index (χ1) is 15.6. The largest absolute Gasteiger partial charge is 0.454 e. The number of aryl methyl sites for hydroxylation is 1. The van der Waals surface area contributed by atoms with Crippen LogP contribution in [0.2, 0.25) is 0 Å². The molecule has 0 atom stereocenters. The highest BCUT2D eigenvalue weighted by atomic mass is 16.3. The molecule has 0 aliphatic carbocycles. The molecule has 1 fully saturated rings. The van der Waals surface area contributed by atoms with Crippen LogP contribution in [0.4, 0.5) is 0 Å². The summed E-state index contributed by atoms with van der Waals surface area (Å²) in [6.07, 6.45) is 2.20. The maximum Gasteiger partial charge on any atom is 0.270 e. The van der Waals surface area contributed by atoms with Gasteiger partial charge in [0, 0.05) is 44.1 Å². The Hall–Kier alpha value is -3.54. The fraction of sp³-hybridized carbons (Fsp3) is 0.308. The molecule has 2 amide bonds. The van der Waals surface area contributed by atoms with Crippen molar-refractivity contribution < 1.29 is 14.0 Å². The Balaban J connectivity index is 1.19. The summed E-state index contributed by atoms with van der Waals surface area (Å²) in [4.78, 5) is 27.6. The van der Waals surface area contributed by atoms with Gasteiger partial charge in [0.25, 0.3) is 5.91 Å². The van der Waals surface area contributed by atoms with E-state index in [1.54, 1.807) is 0 Å². The van der Waals surface area contributed by atoms with Gasteiger partial charge < -0.3 is 19.2 Å². The van der Waals surface area contributed by atoms with E-state index in [-0.39, 0.29) is 17.7 Å². The molecule has 0 bridgehead atoms. The lowest BCUT2D eigenvalue weighted by Gasteiger charge is -2.31. The zero-order valence-corrected chi connectivity index (χ0v) is 18.2. The highest BCUT2D eigenvalue weighted by Gasteiger charge is 2.29. The summed E-state index contributed by atoms with van der Waals surface area (Å²) < 4.78 is 7.85. The molecule has 3 heterocycles. The number of hydrogen-bond acceptors (Lipinski definition) is 3. The predicted molar refractivity (Wildman–Crippen MR) is 124 cm³/mol. The summed E-state index contributed by atoms with van der Waals surface area (Å²) in [7, 11) is 1.91. The standard InChI is InChI=1S/C26H27N3O3/c1-28-21(17-23-24(28)20-9-5-6-10-22(20)32-23)26(31)29-15-12-19(13-16-29)25(30)27-14-11-18-7-3-2-4-8-18/h2-10,17,19H,11-16H2,1H3,(H,27,30). The molecule has 0 radical (unpaired) electrons. The number of nitrogens with zero attached hydrogens (tertiary/aromatic N) is 2. The number of carbonyl (C=O) groups excluding carboxylic acids is 2. The van der Waals surface area contributed by atoms with Crippen molar-refractivity contribution in [1.29, 1.82) is 0 Å². The zero-order chi connectivity index (χ0) is 22.1. The molecule has 1 aliphatic rings. The average Bonchev–Trinajstić information content (AvgIpc) is 3.35. The summed E-state index contributed by atoms with van der Waals surface area (Å²) >= 11 is 0. The van der Waals surface area contributed by atoms with E-state index in [1.165, 1.54) is 5.56 Å². The van der Waals surface area contributed by atoms with Gasteiger partial charge >= 0.3 is 0 Å². The van der Waals surface area contributed by atoms with Crippen molar-refractivity contribution in [2.75, 3.05) is 19.6 Å². The number of fused-ring (bicyclic) bond motifs is 3. The molecular formula is C26H27N3O3. The van der Waals surface area contributed by atoms with E-state index in [2.05, 4.69) is 17.4 Å². The molecule has 2 aromatic heterocycles. The summed E-state index contributed by atoms with van der Waals surface area (Å²) in [5.41, 5.74) is 4.33. The topological polar surface area (TPSA) is 67.5 Å². The second-order valence-corrected chi connectivity index (χ2v) is 8.49. The Morgan fingerprint density at radius 1 is 1.00 bits per heavy atom. The molecule has 1 saturated heterocycles. The van der Waals surface area contributed by atoms with Gasteiger partial charge in [0.15, 0.2) is 5.58 Å². The molecule has 5 rings (SSSR count). The van der Waals surface area contributed by atoms with Crippen LogP contribution in [0.25, 0.3) is 22.1 Å². The Labute approximate surface area is 186 Å². The Morgan fingerprint density at radius 2 is 1.72 bits per heavy atom. The number of benzene rings is 2. The first-order valence-electron chi connectivity index (χ1n) is 11.2. The normalized spacial score (nSPS) is 14.8. The molecule has 1 aliphatic heterocycles. The van der Waals surface area contributed by atoms with Gasteiger partial charge in [-0.15, -0.1) is 0 Å². The van der Waals surface area contributed by atoms with Crippen LogP contribution in [-0.4, -0.2) is 40.9 Å². The third-order valence-corrected chi connectivity index (χ3v) is 6.49. The van der Waals surface area contributed by atoms with Crippen molar-refractivity contribution in [3.8, 4) is 0 Å². The number of nitrogens with one attached hydrogen (secondary N) is 1. The second kappa shape index (κ2) is 8.54. The molecule has 164 valence electrons. The first-order valence-corrected chi connectivity index (χ1v) is 11.2. The zero-order valence-electron chi connectivity index (χ0n) is 18.2. The molecular weight excluding hydrogens is 402 g/mol. The minimum Gasteiger partial charge on any atom is -0.454 e. The van der Waals surface area contributed by atoms with Crippen molar-refractivity contribution in [1.82, 2.24) is 14.8 Å². The number of carbonyl (C=O) groups is 2. The van der Waals surface area contributed by atoms with Crippen LogP contribution in [-0.2, 0) is 18.3 Å². The van der Waals surface area contributed by atoms with Crippen molar-refractivity contribution >= 4 is 33.9 Å². The maximum absolute atomic E-state index is 13.2. The lowest BCUT2D eigenvalue weighted by molar-refractivity contribution is -0.126. The number of rotatable bonds is 5. The number of aromatic nitrogens is 1. The van der Waals surface area contributed by atoms with Crippen molar-refractivity contribution in [3.05, 3.63) is 71.9 Å². The van der Waals surface area contributed by atoms with Crippen molar-refractivity contribution in [2.45, 2.75) is 19.3 Å². The fourth-order valence-electron chi connectivity index (χ4n) is 4.67. The number of amides is 2. The van der Waals surface area contributed by atoms with Gasteiger partial charge in [-0.1, -0.05) is 42.5 Å². The van der Waals surface area contributed by atoms with E-state index < -0.39 is 0 Å². The van der Waals surface area contributed by atoms with Crippen LogP contribution in [0.3, 0.4) is 0 Å². The van der Waals surface area contributed by atoms with Gasteiger partial charge in [-0.25, -0.2) is 0 Å². The maximum atomic E-state index is 13.2. The summed E-state index contributed by atoms with van der Waals surface area (Å²) in [5.74, 6) is 0.0465. The lowest BCUT2D eigenvalue weighted by Crippen LogP contribution is -2.43. The third kappa shape index (κ3) is 3.77. The van der Waals surface area contributed by atoms with Crippen LogP contribution in [0.1, 0.15) is 28.9 Å². The molecule has 32 heavy (non-hydrogen) atoms.